The first-order valence-corrected chi connectivity index (χ1v) is 6.93. The van der Waals surface area contributed by atoms with Crippen molar-refractivity contribution >= 4 is 11.6 Å². The number of rotatable bonds is 5. The van der Waals surface area contributed by atoms with E-state index in [1.54, 1.807) is 6.07 Å². The average Bonchev–Trinajstić information content (AvgIpc) is 2.27. The summed E-state index contributed by atoms with van der Waals surface area (Å²) in [5, 5.41) is 3.50. The number of hydrogen-bond donors (Lipinski definition) is 1. The Kier molecular flexibility index (Phi) is 5.63. The highest BCUT2D eigenvalue weighted by Gasteiger charge is 2.19. The maximum absolute atomic E-state index is 13.1. The summed E-state index contributed by atoms with van der Waals surface area (Å²) >= 11 is 5.76. The van der Waals surface area contributed by atoms with Gasteiger partial charge in [-0.1, -0.05) is 25.4 Å². The lowest BCUT2D eigenvalue weighted by atomic mass is 10.0. The van der Waals surface area contributed by atoms with Crippen molar-refractivity contribution in [3.05, 3.63) is 29.0 Å². The predicted octanol–water partition coefficient (Wildman–Crippen LogP) is 4.27. The maximum Gasteiger partial charge on any atom is 0.142 e. The lowest BCUT2D eigenvalue weighted by Gasteiger charge is -2.28. The second kappa shape index (κ2) is 6.58. The van der Waals surface area contributed by atoms with Crippen LogP contribution in [0.2, 0.25) is 5.02 Å². The molecule has 0 fully saturated rings. The second-order valence-electron chi connectivity index (χ2n) is 6.11. The van der Waals surface area contributed by atoms with E-state index in [4.69, 9.17) is 16.3 Å². The Morgan fingerprint density at radius 3 is 2.42 bits per heavy atom. The number of benzene rings is 1. The monoisotopic (exact) mass is 287 g/mol. The van der Waals surface area contributed by atoms with E-state index in [9.17, 15) is 4.39 Å². The molecule has 1 rings (SSSR count). The van der Waals surface area contributed by atoms with Crippen molar-refractivity contribution in [2.24, 2.45) is 5.92 Å². The lowest BCUT2D eigenvalue weighted by molar-refractivity contribution is 0.139. The molecule has 0 spiro atoms. The second-order valence-corrected chi connectivity index (χ2v) is 6.51. The van der Waals surface area contributed by atoms with Crippen molar-refractivity contribution < 1.29 is 9.13 Å². The topological polar surface area (TPSA) is 21.3 Å². The molecule has 4 heteroatoms. The summed E-state index contributed by atoms with van der Waals surface area (Å²) in [4.78, 5) is 0. The van der Waals surface area contributed by atoms with Gasteiger partial charge in [0.15, 0.2) is 0 Å². The Labute approximate surface area is 120 Å². The van der Waals surface area contributed by atoms with Gasteiger partial charge in [-0.2, -0.15) is 0 Å². The standard InChI is InChI=1S/C15H23ClFNO/c1-10(2)14(9-18-15(3,4)5)19-11-6-7-13(17)12(16)8-11/h6-8,10,14,18H,9H2,1-5H3. The summed E-state index contributed by atoms with van der Waals surface area (Å²) in [6.45, 7) is 11.3. The third-order valence-corrected chi connectivity index (χ3v) is 3.05. The van der Waals surface area contributed by atoms with Crippen LogP contribution in [0.15, 0.2) is 18.2 Å². The average molecular weight is 288 g/mol. The summed E-state index contributed by atoms with van der Waals surface area (Å²) in [7, 11) is 0. The van der Waals surface area contributed by atoms with Crippen LogP contribution in [0.3, 0.4) is 0 Å². The Morgan fingerprint density at radius 2 is 1.95 bits per heavy atom. The van der Waals surface area contributed by atoms with Gasteiger partial charge in [0.2, 0.25) is 0 Å². The first-order valence-electron chi connectivity index (χ1n) is 6.56. The van der Waals surface area contributed by atoms with Crippen LogP contribution in [0.25, 0.3) is 0 Å². The van der Waals surface area contributed by atoms with Crippen LogP contribution in [-0.2, 0) is 0 Å². The van der Waals surface area contributed by atoms with Gasteiger partial charge in [0.1, 0.15) is 17.7 Å². The van der Waals surface area contributed by atoms with Crippen molar-refractivity contribution in [3.63, 3.8) is 0 Å². The van der Waals surface area contributed by atoms with E-state index in [2.05, 4.69) is 39.9 Å². The zero-order valence-corrected chi connectivity index (χ0v) is 13.0. The van der Waals surface area contributed by atoms with Crippen LogP contribution in [0, 0.1) is 11.7 Å². The van der Waals surface area contributed by atoms with Crippen molar-refractivity contribution in [1.82, 2.24) is 5.32 Å². The van der Waals surface area contributed by atoms with Gasteiger partial charge in [-0.05, 0) is 38.8 Å². The number of hydrogen-bond acceptors (Lipinski definition) is 2. The molecule has 1 N–H and O–H groups in total. The van der Waals surface area contributed by atoms with Gasteiger partial charge in [-0.25, -0.2) is 4.39 Å². The molecule has 0 amide bonds. The number of halogens is 2. The molecule has 108 valence electrons. The number of ether oxygens (including phenoxy) is 1. The molecule has 0 aliphatic heterocycles. The minimum absolute atomic E-state index is 0.0146. The summed E-state index contributed by atoms with van der Waals surface area (Å²) in [6, 6.07) is 4.45. The van der Waals surface area contributed by atoms with Crippen LogP contribution in [0.5, 0.6) is 5.75 Å². The first-order chi connectivity index (χ1) is 8.69. The molecule has 0 bridgehead atoms. The molecule has 0 radical (unpaired) electrons. The van der Waals surface area contributed by atoms with E-state index in [1.165, 1.54) is 12.1 Å². The van der Waals surface area contributed by atoms with Crippen molar-refractivity contribution in [2.45, 2.75) is 46.3 Å². The highest BCUT2D eigenvalue weighted by Crippen LogP contribution is 2.23. The molecular formula is C15H23ClFNO. The van der Waals surface area contributed by atoms with Crippen LogP contribution in [-0.4, -0.2) is 18.2 Å². The van der Waals surface area contributed by atoms with Gasteiger partial charge in [-0.15, -0.1) is 0 Å². The van der Waals surface area contributed by atoms with Crippen LogP contribution in [0.1, 0.15) is 34.6 Å². The Morgan fingerprint density at radius 1 is 1.32 bits per heavy atom. The highest BCUT2D eigenvalue weighted by atomic mass is 35.5. The maximum atomic E-state index is 13.1. The lowest BCUT2D eigenvalue weighted by Crippen LogP contribution is -2.44. The zero-order chi connectivity index (χ0) is 14.6. The van der Waals surface area contributed by atoms with Gasteiger partial charge in [-0.3, -0.25) is 0 Å². The number of nitrogens with one attached hydrogen (secondary N) is 1. The molecule has 1 unspecified atom stereocenters. The summed E-state index contributed by atoms with van der Waals surface area (Å²) in [6.07, 6.45) is 0.0146. The molecule has 0 aromatic heterocycles. The Bertz CT molecular complexity index is 415. The first kappa shape index (κ1) is 16.3. The van der Waals surface area contributed by atoms with Crippen LogP contribution in [0.4, 0.5) is 4.39 Å². The van der Waals surface area contributed by atoms with Crippen molar-refractivity contribution in [1.29, 1.82) is 0 Å². The minimum Gasteiger partial charge on any atom is -0.489 e. The zero-order valence-electron chi connectivity index (χ0n) is 12.3. The molecule has 0 heterocycles. The highest BCUT2D eigenvalue weighted by molar-refractivity contribution is 6.30. The van der Waals surface area contributed by atoms with E-state index < -0.39 is 5.82 Å². The fraction of sp³-hybridized carbons (Fsp3) is 0.600. The quantitative estimate of drug-likeness (QED) is 0.873. The molecule has 1 aromatic carbocycles. The molecular weight excluding hydrogens is 265 g/mol. The van der Waals surface area contributed by atoms with Gasteiger partial charge >= 0.3 is 0 Å². The van der Waals surface area contributed by atoms with E-state index in [0.717, 1.165) is 6.54 Å². The van der Waals surface area contributed by atoms with Gasteiger partial charge in [0, 0.05) is 18.2 Å². The van der Waals surface area contributed by atoms with Gasteiger partial charge in [0.25, 0.3) is 0 Å². The summed E-state index contributed by atoms with van der Waals surface area (Å²) < 4.78 is 19.0. The van der Waals surface area contributed by atoms with Crippen LogP contribution >= 0.6 is 11.6 Å². The molecule has 0 aliphatic rings. The molecule has 2 nitrogen and oxygen atoms in total. The molecule has 19 heavy (non-hydrogen) atoms. The van der Waals surface area contributed by atoms with Crippen molar-refractivity contribution in [3.8, 4) is 5.75 Å². The van der Waals surface area contributed by atoms with E-state index in [0.29, 0.717) is 11.7 Å². The SMILES string of the molecule is CC(C)C(CNC(C)(C)C)Oc1ccc(F)c(Cl)c1. The van der Waals surface area contributed by atoms with Crippen molar-refractivity contribution in [2.75, 3.05) is 6.54 Å². The van der Waals surface area contributed by atoms with Gasteiger partial charge in [0.05, 0.1) is 5.02 Å². The summed E-state index contributed by atoms with van der Waals surface area (Å²) in [5.74, 6) is 0.516. The normalized spacial score (nSPS) is 13.7. The van der Waals surface area contributed by atoms with E-state index in [1.807, 2.05) is 0 Å². The fourth-order valence-corrected chi connectivity index (χ4v) is 1.72. The molecule has 0 aliphatic carbocycles. The molecule has 0 saturated carbocycles. The predicted molar refractivity (Wildman–Crippen MR) is 78.4 cm³/mol. The van der Waals surface area contributed by atoms with Gasteiger partial charge < -0.3 is 10.1 Å². The molecule has 1 atom stereocenters. The largest absolute Gasteiger partial charge is 0.489 e. The third-order valence-electron chi connectivity index (χ3n) is 2.76. The third kappa shape index (κ3) is 5.79. The van der Waals surface area contributed by atoms with E-state index >= 15 is 0 Å². The fourth-order valence-electron chi connectivity index (χ4n) is 1.55. The molecule has 0 saturated heterocycles. The Balaban J connectivity index is 2.70. The minimum atomic E-state index is -0.428. The molecule has 1 aromatic rings. The van der Waals surface area contributed by atoms with E-state index in [-0.39, 0.29) is 16.7 Å². The Hall–Kier alpha value is -0.800. The van der Waals surface area contributed by atoms with Crippen LogP contribution < -0.4 is 10.1 Å². The summed E-state index contributed by atoms with van der Waals surface area (Å²) in [5.41, 5.74) is 0.0386. The smallest absolute Gasteiger partial charge is 0.142 e.